The molecule has 4 atom stereocenters. The van der Waals surface area contributed by atoms with Gasteiger partial charge in [-0.15, -0.1) is 13.2 Å². The standard InChI is InChI=1S/C39H48N2O6/c1-4-6-21-34(26-30-17-10-7-11-18-30)39(45)47-37(32-22-14-9-15-23-32)35(29-46-3)40-38(44)33(16-5-2)27-36(43)41(24-25-42)28-31-19-12-8-13-20-31/h4-5,7-15,17-20,22-23,33-35,37,42H,1-2,6,16,21,24-29H2,3H3,(H,40,44)/t33-,34-,35+,37+/m1/s1. The van der Waals surface area contributed by atoms with Gasteiger partial charge in [-0.05, 0) is 42.4 Å². The smallest absolute Gasteiger partial charge is 0.309 e. The van der Waals surface area contributed by atoms with Crippen LogP contribution in [-0.2, 0) is 36.8 Å². The molecule has 0 spiro atoms. The van der Waals surface area contributed by atoms with Crippen LogP contribution in [0.2, 0.25) is 0 Å². The average Bonchev–Trinajstić information content (AvgIpc) is 3.09. The van der Waals surface area contributed by atoms with E-state index in [4.69, 9.17) is 9.47 Å². The Balaban J connectivity index is 1.83. The summed E-state index contributed by atoms with van der Waals surface area (Å²) in [6.07, 6.45) is 4.45. The first-order chi connectivity index (χ1) is 22.9. The lowest BCUT2D eigenvalue weighted by Gasteiger charge is -2.31. The molecule has 3 rings (SSSR count). The molecule has 0 aliphatic heterocycles. The van der Waals surface area contributed by atoms with Crippen LogP contribution >= 0.6 is 0 Å². The molecule has 0 bridgehead atoms. The molecule has 3 aromatic rings. The van der Waals surface area contributed by atoms with Gasteiger partial charge in [0.2, 0.25) is 11.8 Å². The van der Waals surface area contributed by atoms with Crippen molar-refractivity contribution in [2.75, 3.05) is 26.9 Å². The summed E-state index contributed by atoms with van der Waals surface area (Å²) in [7, 11) is 1.52. The number of esters is 1. The summed E-state index contributed by atoms with van der Waals surface area (Å²) in [5.74, 6) is -2.17. The van der Waals surface area contributed by atoms with Crippen LogP contribution in [0, 0.1) is 11.8 Å². The number of hydrogen-bond donors (Lipinski definition) is 2. The largest absolute Gasteiger partial charge is 0.455 e. The van der Waals surface area contributed by atoms with E-state index in [0.29, 0.717) is 31.4 Å². The van der Waals surface area contributed by atoms with Crippen molar-refractivity contribution in [2.45, 2.75) is 50.8 Å². The van der Waals surface area contributed by atoms with Crippen molar-refractivity contribution in [1.82, 2.24) is 10.2 Å². The maximum atomic E-state index is 13.8. The van der Waals surface area contributed by atoms with E-state index >= 15 is 0 Å². The predicted octanol–water partition coefficient (Wildman–Crippen LogP) is 5.83. The molecular weight excluding hydrogens is 592 g/mol. The number of hydrogen-bond acceptors (Lipinski definition) is 6. The van der Waals surface area contributed by atoms with Gasteiger partial charge in [0.1, 0.15) is 6.10 Å². The summed E-state index contributed by atoms with van der Waals surface area (Å²) in [6.45, 7) is 7.96. The number of nitrogens with one attached hydrogen (secondary N) is 1. The highest BCUT2D eigenvalue weighted by Gasteiger charge is 2.33. The van der Waals surface area contributed by atoms with Crippen LogP contribution in [0.25, 0.3) is 0 Å². The quantitative estimate of drug-likeness (QED) is 0.112. The van der Waals surface area contributed by atoms with E-state index in [2.05, 4.69) is 18.5 Å². The molecule has 0 radical (unpaired) electrons. The molecular formula is C39H48N2O6. The highest BCUT2D eigenvalue weighted by molar-refractivity contribution is 5.86. The van der Waals surface area contributed by atoms with Gasteiger partial charge in [0.25, 0.3) is 0 Å². The normalized spacial score (nSPS) is 13.4. The fraction of sp³-hybridized carbons (Fsp3) is 0.359. The third-order valence-electron chi connectivity index (χ3n) is 7.97. The minimum atomic E-state index is -0.848. The molecule has 0 aromatic heterocycles. The Kier molecular flexibility index (Phi) is 16.2. The molecule has 47 heavy (non-hydrogen) atoms. The molecule has 2 N–H and O–H groups in total. The Morgan fingerprint density at radius 3 is 2.06 bits per heavy atom. The van der Waals surface area contributed by atoms with Crippen molar-refractivity contribution < 1.29 is 29.0 Å². The van der Waals surface area contributed by atoms with Gasteiger partial charge in [0.05, 0.1) is 31.1 Å². The summed E-state index contributed by atoms with van der Waals surface area (Å²) in [5.41, 5.74) is 2.65. The first-order valence-corrected chi connectivity index (χ1v) is 16.1. The zero-order valence-electron chi connectivity index (χ0n) is 27.3. The first kappa shape index (κ1) is 36.9. The third-order valence-corrected chi connectivity index (χ3v) is 7.97. The van der Waals surface area contributed by atoms with Crippen LogP contribution in [0.3, 0.4) is 0 Å². The summed E-state index contributed by atoms with van der Waals surface area (Å²) in [4.78, 5) is 42.7. The van der Waals surface area contributed by atoms with Crippen LogP contribution in [0.4, 0.5) is 0 Å². The monoisotopic (exact) mass is 640 g/mol. The van der Waals surface area contributed by atoms with E-state index in [1.54, 1.807) is 17.1 Å². The number of nitrogens with zero attached hydrogens (tertiary/aromatic N) is 1. The number of aliphatic hydroxyl groups is 1. The molecule has 0 saturated carbocycles. The maximum absolute atomic E-state index is 13.8. The van der Waals surface area contributed by atoms with E-state index in [1.165, 1.54) is 7.11 Å². The van der Waals surface area contributed by atoms with Crippen molar-refractivity contribution in [1.29, 1.82) is 0 Å². The van der Waals surface area contributed by atoms with Crippen LogP contribution in [-0.4, -0.2) is 60.7 Å². The van der Waals surface area contributed by atoms with Crippen molar-refractivity contribution in [2.24, 2.45) is 11.8 Å². The number of methoxy groups -OCH3 is 1. The maximum Gasteiger partial charge on any atom is 0.309 e. The Morgan fingerprint density at radius 2 is 1.49 bits per heavy atom. The SMILES string of the molecule is C=CCC[C@H](Cc1ccccc1)C(=O)O[C@@H](c1ccccc1)[C@H](COC)NC(=O)[C@H](CC=C)CC(=O)N(CCO)Cc1ccccc1. The molecule has 0 saturated heterocycles. The molecule has 250 valence electrons. The Hall–Kier alpha value is -4.53. The Morgan fingerprint density at radius 1 is 0.872 bits per heavy atom. The summed E-state index contributed by atoms with van der Waals surface area (Å²) >= 11 is 0. The topological polar surface area (TPSA) is 105 Å². The van der Waals surface area contributed by atoms with E-state index in [1.807, 2.05) is 91.0 Å². The minimum Gasteiger partial charge on any atom is -0.455 e. The molecule has 8 heteroatoms. The number of aliphatic hydroxyl groups excluding tert-OH is 1. The lowest BCUT2D eigenvalue weighted by atomic mass is 9.94. The number of rotatable bonds is 21. The molecule has 0 heterocycles. The highest BCUT2D eigenvalue weighted by atomic mass is 16.5. The second kappa shape index (κ2) is 20.6. The number of carbonyl (C=O) groups excluding carboxylic acids is 3. The van der Waals surface area contributed by atoms with Gasteiger partial charge < -0.3 is 24.8 Å². The molecule has 0 unspecified atom stereocenters. The molecule has 0 aliphatic carbocycles. The van der Waals surface area contributed by atoms with Gasteiger partial charge in [-0.3, -0.25) is 14.4 Å². The summed E-state index contributed by atoms with van der Waals surface area (Å²) in [5, 5.41) is 12.7. The summed E-state index contributed by atoms with van der Waals surface area (Å²) in [6, 6.07) is 27.8. The first-order valence-electron chi connectivity index (χ1n) is 16.1. The summed E-state index contributed by atoms with van der Waals surface area (Å²) < 4.78 is 11.8. The van der Waals surface area contributed by atoms with E-state index in [9.17, 15) is 19.5 Å². The molecule has 3 aromatic carbocycles. The zero-order valence-corrected chi connectivity index (χ0v) is 27.3. The van der Waals surface area contributed by atoms with E-state index < -0.39 is 24.0 Å². The fourth-order valence-corrected chi connectivity index (χ4v) is 5.49. The van der Waals surface area contributed by atoms with Gasteiger partial charge in [-0.25, -0.2) is 0 Å². The lowest BCUT2D eigenvalue weighted by Crippen LogP contribution is -2.47. The van der Waals surface area contributed by atoms with E-state index in [-0.39, 0.29) is 50.4 Å². The van der Waals surface area contributed by atoms with Crippen LogP contribution in [0.15, 0.2) is 116 Å². The minimum absolute atomic E-state index is 0.0635. The number of amides is 2. The Labute approximate surface area is 279 Å². The number of ether oxygens (including phenoxy) is 2. The number of benzene rings is 3. The van der Waals surface area contributed by atoms with Crippen molar-refractivity contribution in [3.05, 3.63) is 133 Å². The van der Waals surface area contributed by atoms with Gasteiger partial charge in [-0.2, -0.15) is 0 Å². The molecule has 2 amide bonds. The number of allylic oxidation sites excluding steroid dienone is 2. The van der Waals surface area contributed by atoms with Gasteiger partial charge >= 0.3 is 5.97 Å². The molecule has 8 nitrogen and oxygen atoms in total. The lowest BCUT2D eigenvalue weighted by molar-refractivity contribution is -0.158. The van der Waals surface area contributed by atoms with Crippen LogP contribution in [0.1, 0.15) is 48.5 Å². The van der Waals surface area contributed by atoms with Gasteiger partial charge in [0, 0.05) is 26.6 Å². The van der Waals surface area contributed by atoms with Crippen molar-refractivity contribution >= 4 is 17.8 Å². The van der Waals surface area contributed by atoms with Gasteiger partial charge in [0.15, 0.2) is 0 Å². The molecule has 0 aliphatic rings. The predicted molar refractivity (Wildman–Crippen MR) is 184 cm³/mol. The highest BCUT2D eigenvalue weighted by Crippen LogP contribution is 2.27. The van der Waals surface area contributed by atoms with Crippen LogP contribution in [0.5, 0.6) is 0 Å². The zero-order chi connectivity index (χ0) is 33.9. The fourth-order valence-electron chi connectivity index (χ4n) is 5.49. The van der Waals surface area contributed by atoms with Gasteiger partial charge in [-0.1, -0.05) is 103 Å². The van der Waals surface area contributed by atoms with Crippen molar-refractivity contribution in [3.63, 3.8) is 0 Å². The molecule has 0 fully saturated rings. The van der Waals surface area contributed by atoms with Crippen molar-refractivity contribution in [3.8, 4) is 0 Å². The second-order valence-electron chi connectivity index (χ2n) is 11.5. The second-order valence-corrected chi connectivity index (χ2v) is 11.5. The van der Waals surface area contributed by atoms with Crippen LogP contribution < -0.4 is 5.32 Å². The van der Waals surface area contributed by atoms with E-state index in [0.717, 1.165) is 11.1 Å². The number of carbonyl (C=O) groups is 3. The average molecular weight is 641 g/mol. The Bertz CT molecular complexity index is 1380. The third kappa shape index (κ3) is 12.3.